The standard InChI is InChI=1S/C29H38N2O3S/c1-3-23(4-2)31-26-14-13-21(17-25(26)30-28(31)19-24-12-9-15-35-24)27(32)18-22(29(33)34)16-20-10-7-5-6-8-11-20/h9,12-15,17,20,22-23H,3-8,10-11,16,18-19H2,1-2H3,(H,33,34). The van der Waals surface area contributed by atoms with E-state index in [1.165, 1.54) is 30.6 Å². The lowest BCUT2D eigenvalue weighted by Gasteiger charge is -2.19. The fourth-order valence-electron chi connectivity index (χ4n) is 5.69. The van der Waals surface area contributed by atoms with E-state index in [2.05, 4.69) is 35.9 Å². The van der Waals surface area contributed by atoms with Gasteiger partial charge in [0.1, 0.15) is 5.82 Å². The number of fused-ring (bicyclic) bond motifs is 1. The van der Waals surface area contributed by atoms with Gasteiger partial charge >= 0.3 is 5.97 Å². The third-order valence-corrected chi connectivity index (χ3v) is 8.55. The first-order chi connectivity index (χ1) is 17.0. The van der Waals surface area contributed by atoms with Crippen LogP contribution in [0.15, 0.2) is 35.7 Å². The van der Waals surface area contributed by atoms with Gasteiger partial charge in [0.2, 0.25) is 0 Å². The van der Waals surface area contributed by atoms with Crippen molar-refractivity contribution in [1.82, 2.24) is 9.55 Å². The van der Waals surface area contributed by atoms with Crippen LogP contribution in [0, 0.1) is 11.8 Å². The summed E-state index contributed by atoms with van der Waals surface area (Å²) in [6, 6.07) is 10.3. The molecule has 1 atom stereocenters. The average Bonchev–Trinajstić information content (AvgIpc) is 3.40. The Morgan fingerprint density at radius 1 is 1.11 bits per heavy atom. The van der Waals surface area contributed by atoms with Gasteiger partial charge in [-0.1, -0.05) is 58.4 Å². The Kier molecular flexibility index (Phi) is 8.77. The topological polar surface area (TPSA) is 72.2 Å². The van der Waals surface area contributed by atoms with Gasteiger partial charge in [-0.3, -0.25) is 9.59 Å². The number of benzene rings is 1. The Balaban J connectivity index is 1.57. The number of Topliss-reactive ketones (excluding diaryl/α,β-unsaturated/α-hetero) is 1. The van der Waals surface area contributed by atoms with Gasteiger partial charge in [-0.2, -0.15) is 0 Å². The molecule has 1 unspecified atom stereocenters. The van der Waals surface area contributed by atoms with Crippen LogP contribution in [0.25, 0.3) is 11.0 Å². The molecule has 1 aliphatic carbocycles. The Morgan fingerprint density at radius 3 is 2.49 bits per heavy atom. The lowest BCUT2D eigenvalue weighted by molar-refractivity contribution is -0.142. The van der Waals surface area contributed by atoms with Crippen molar-refractivity contribution in [2.75, 3.05) is 0 Å². The minimum atomic E-state index is -0.847. The van der Waals surface area contributed by atoms with E-state index in [1.54, 1.807) is 11.3 Å². The molecule has 188 valence electrons. The monoisotopic (exact) mass is 494 g/mol. The summed E-state index contributed by atoms with van der Waals surface area (Å²) >= 11 is 1.73. The fraction of sp³-hybridized carbons (Fsp3) is 0.552. The molecule has 6 heteroatoms. The molecule has 2 aromatic heterocycles. The largest absolute Gasteiger partial charge is 0.481 e. The molecule has 1 aromatic carbocycles. The second-order valence-electron chi connectivity index (χ2n) is 10.1. The number of nitrogens with zero attached hydrogens (tertiary/aromatic N) is 2. The molecule has 1 aliphatic rings. The Morgan fingerprint density at radius 2 is 1.86 bits per heavy atom. The SMILES string of the molecule is CCC(CC)n1c(Cc2cccs2)nc2cc(C(=O)CC(CC3CCCCCC3)C(=O)O)ccc21. The van der Waals surface area contributed by atoms with Crippen molar-refractivity contribution < 1.29 is 14.7 Å². The smallest absolute Gasteiger partial charge is 0.306 e. The normalized spacial score (nSPS) is 16.0. The molecule has 0 aliphatic heterocycles. The Labute approximate surface area is 212 Å². The van der Waals surface area contributed by atoms with Crippen molar-refractivity contribution in [2.24, 2.45) is 11.8 Å². The number of rotatable bonds is 11. The number of aliphatic carboxylic acids is 1. The Hall–Kier alpha value is -2.47. The van der Waals surface area contributed by atoms with E-state index in [-0.39, 0.29) is 12.2 Å². The number of carbonyl (C=O) groups is 2. The van der Waals surface area contributed by atoms with Crippen LogP contribution < -0.4 is 0 Å². The highest BCUT2D eigenvalue weighted by molar-refractivity contribution is 7.09. The summed E-state index contributed by atoms with van der Waals surface area (Å²) in [5.74, 6) is -0.107. The zero-order chi connectivity index (χ0) is 24.8. The molecule has 2 heterocycles. The molecule has 0 bridgehead atoms. The van der Waals surface area contributed by atoms with E-state index >= 15 is 0 Å². The van der Waals surface area contributed by atoms with Gasteiger partial charge < -0.3 is 9.67 Å². The number of aromatic nitrogens is 2. The molecule has 0 radical (unpaired) electrons. The molecule has 0 saturated heterocycles. The van der Waals surface area contributed by atoms with Crippen LogP contribution in [0.1, 0.15) is 105 Å². The summed E-state index contributed by atoms with van der Waals surface area (Å²) in [6.45, 7) is 4.40. The van der Waals surface area contributed by atoms with E-state index < -0.39 is 11.9 Å². The van der Waals surface area contributed by atoms with E-state index in [0.29, 0.717) is 23.9 Å². The van der Waals surface area contributed by atoms with Crippen molar-refractivity contribution in [3.63, 3.8) is 0 Å². The number of hydrogen-bond donors (Lipinski definition) is 1. The van der Waals surface area contributed by atoms with Crippen LogP contribution in [-0.4, -0.2) is 26.4 Å². The third kappa shape index (κ3) is 6.21. The highest BCUT2D eigenvalue weighted by atomic mass is 32.1. The molecule has 3 aromatic rings. The summed E-state index contributed by atoms with van der Waals surface area (Å²) in [5.41, 5.74) is 2.45. The first kappa shape index (κ1) is 25.6. The van der Waals surface area contributed by atoms with Gasteiger partial charge in [-0.05, 0) is 54.8 Å². The van der Waals surface area contributed by atoms with Gasteiger partial charge in [-0.15, -0.1) is 11.3 Å². The number of carboxylic acids is 1. The Bertz CT molecular complexity index is 1120. The van der Waals surface area contributed by atoms with Crippen molar-refractivity contribution in [3.05, 3.63) is 52.0 Å². The van der Waals surface area contributed by atoms with Crippen LogP contribution >= 0.6 is 11.3 Å². The van der Waals surface area contributed by atoms with Crippen molar-refractivity contribution >= 4 is 34.1 Å². The number of ketones is 1. The van der Waals surface area contributed by atoms with E-state index in [0.717, 1.165) is 49.0 Å². The second kappa shape index (κ2) is 12.0. The van der Waals surface area contributed by atoms with E-state index in [4.69, 9.17) is 4.98 Å². The molecule has 35 heavy (non-hydrogen) atoms. The molecular weight excluding hydrogens is 456 g/mol. The lowest BCUT2D eigenvalue weighted by atomic mass is 9.85. The lowest BCUT2D eigenvalue weighted by Crippen LogP contribution is -2.21. The zero-order valence-electron chi connectivity index (χ0n) is 21.0. The van der Waals surface area contributed by atoms with Crippen LogP contribution in [0.5, 0.6) is 0 Å². The maximum absolute atomic E-state index is 13.2. The maximum Gasteiger partial charge on any atom is 0.306 e. The number of imidazole rings is 1. The van der Waals surface area contributed by atoms with Crippen molar-refractivity contribution in [3.8, 4) is 0 Å². The first-order valence-electron chi connectivity index (χ1n) is 13.3. The third-order valence-electron chi connectivity index (χ3n) is 7.68. The summed E-state index contributed by atoms with van der Waals surface area (Å²) in [4.78, 5) is 31.5. The molecule has 0 spiro atoms. The quantitative estimate of drug-likeness (QED) is 0.219. The molecule has 5 nitrogen and oxygen atoms in total. The van der Waals surface area contributed by atoms with Gasteiger partial charge in [-0.25, -0.2) is 4.98 Å². The average molecular weight is 495 g/mol. The predicted molar refractivity (Wildman–Crippen MR) is 142 cm³/mol. The minimum absolute atomic E-state index is 0.0621. The molecule has 4 rings (SSSR count). The maximum atomic E-state index is 13.2. The molecule has 1 fully saturated rings. The highest BCUT2D eigenvalue weighted by Crippen LogP contribution is 2.31. The van der Waals surface area contributed by atoms with Crippen LogP contribution in [0.3, 0.4) is 0 Å². The van der Waals surface area contributed by atoms with Crippen molar-refractivity contribution in [1.29, 1.82) is 0 Å². The summed E-state index contributed by atoms with van der Waals surface area (Å²) < 4.78 is 2.34. The molecule has 1 N–H and O–H groups in total. The number of thiophene rings is 1. The zero-order valence-corrected chi connectivity index (χ0v) is 21.9. The summed E-state index contributed by atoms with van der Waals surface area (Å²) in [6.07, 6.45) is 10.5. The number of carboxylic acid groups (broad SMARTS) is 1. The van der Waals surface area contributed by atoms with E-state index in [1.807, 2.05) is 18.2 Å². The van der Waals surface area contributed by atoms with Crippen LogP contribution in [0.4, 0.5) is 0 Å². The summed E-state index contributed by atoms with van der Waals surface area (Å²) in [5, 5.41) is 11.9. The number of carbonyl (C=O) groups excluding carboxylic acids is 1. The molecule has 1 saturated carbocycles. The van der Waals surface area contributed by atoms with Gasteiger partial charge in [0.25, 0.3) is 0 Å². The summed E-state index contributed by atoms with van der Waals surface area (Å²) in [7, 11) is 0. The minimum Gasteiger partial charge on any atom is -0.481 e. The van der Waals surface area contributed by atoms with Crippen LogP contribution in [0.2, 0.25) is 0 Å². The first-order valence-corrected chi connectivity index (χ1v) is 14.2. The molecular formula is C29H38N2O3S. The van der Waals surface area contributed by atoms with Gasteiger partial charge in [0, 0.05) is 29.3 Å². The van der Waals surface area contributed by atoms with Gasteiger partial charge in [0.15, 0.2) is 5.78 Å². The number of hydrogen-bond acceptors (Lipinski definition) is 4. The second-order valence-corrected chi connectivity index (χ2v) is 11.1. The molecule has 0 amide bonds. The fourth-order valence-corrected chi connectivity index (χ4v) is 6.39. The van der Waals surface area contributed by atoms with E-state index in [9.17, 15) is 14.7 Å². The van der Waals surface area contributed by atoms with Crippen molar-refractivity contribution in [2.45, 2.75) is 90.5 Å². The van der Waals surface area contributed by atoms with Crippen LogP contribution in [-0.2, 0) is 11.2 Å². The predicted octanol–water partition coefficient (Wildman–Crippen LogP) is 7.68. The van der Waals surface area contributed by atoms with Gasteiger partial charge in [0.05, 0.1) is 17.0 Å². The highest BCUT2D eigenvalue weighted by Gasteiger charge is 2.27.